The van der Waals surface area contributed by atoms with Gasteiger partial charge in [-0.25, -0.2) is 14.5 Å². The third kappa shape index (κ3) is 2.79. The third-order valence-corrected chi connectivity index (χ3v) is 3.30. The average molecular weight is 295 g/mol. The minimum Gasteiger partial charge on any atom is -0.460 e. The monoisotopic (exact) mass is 295 g/mol. The molecule has 1 aromatic heterocycles. The van der Waals surface area contributed by atoms with Crippen LogP contribution in [0.3, 0.4) is 0 Å². The predicted octanol–water partition coefficient (Wildman–Crippen LogP) is 2.96. The Morgan fingerprint density at radius 3 is 2.64 bits per heavy atom. The van der Waals surface area contributed by atoms with E-state index in [-0.39, 0.29) is 5.82 Å². The molecule has 0 radical (unpaired) electrons. The molecule has 0 aliphatic rings. The molecule has 0 spiro atoms. The predicted molar refractivity (Wildman–Crippen MR) is 85.2 cm³/mol. The number of hydrogen-bond donors (Lipinski definition) is 1. The lowest BCUT2D eigenvalue weighted by Gasteiger charge is -2.11. The van der Waals surface area contributed by atoms with Gasteiger partial charge in [-0.3, -0.25) is 0 Å². The van der Waals surface area contributed by atoms with E-state index in [1.807, 2.05) is 54.6 Å². The summed E-state index contributed by atoms with van der Waals surface area (Å²) in [6.45, 7) is 2.69. The zero-order valence-electron chi connectivity index (χ0n) is 12.3. The van der Waals surface area contributed by atoms with Crippen LogP contribution in [0, 0.1) is 0 Å². The molecule has 112 valence electrons. The van der Waals surface area contributed by atoms with E-state index in [0.29, 0.717) is 13.2 Å². The van der Waals surface area contributed by atoms with Gasteiger partial charge in [0.05, 0.1) is 24.2 Å². The van der Waals surface area contributed by atoms with Gasteiger partial charge < -0.3 is 10.2 Å². The molecule has 0 amide bonds. The van der Waals surface area contributed by atoms with Crippen LogP contribution in [-0.4, -0.2) is 22.2 Å². The van der Waals surface area contributed by atoms with Gasteiger partial charge in [0.15, 0.2) is 0 Å². The molecule has 1 N–H and O–H groups in total. The van der Waals surface area contributed by atoms with Gasteiger partial charge in [-0.2, -0.15) is 0 Å². The number of ether oxygens (including phenoxy) is 1. The number of carbonyl (C=O) groups excluding carboxylic acids is 1. The molecule has 22 heavy (non-hydrogen) atoms. The van der Waals surface area contributed by atoms with Crippen molar-refractivity contribution in [2.75, 3.05) is 12.0 Å². The Labute approximate surface area is 128 Å². The summed E-state index contributed by atoms with van der Waals surface area (Å²) in [6, 6.07) is 17.6. The van der Waals surface area contributed by atoms with E-state index in [2.05, 4.69) is 10.4 Å². The smallest absolute Gasteiger partial charge is 0.376 e. The molecule has 3 aromatic rings. The molecule has 0 bridgehead atoms. The number of imidazole rings is 1. The third-order valence-electron chi connectivity index (χ3n) is 3.30. The Kier molecular flexibility index (Phi) is 4.05. The lowest BCUT2D eigenvalue weighted by Crippen LogP contribution is -2.21. The van der Waals surface area contributed by atoms with Crippen LogP contribution in [0.15, 0.2) is 54.6 Å². The molecule has 0 aliphatic carbocycles. The lowest BCUT2D eigenvalue weighted by molar-refractivity contribution is 0.0509. The van der Waals surface area contributed by atoms with E-state index in [0.717, 1.165) is 16.6 Å². The topological polar surface area (TPSA) is 56.1 Å². The number of fused-ring (bicyclic) bond motifs is 1. The number of rotatable bonds is 5. The number of nitrogens with one attached hydrogen (secondary N) is 1. The maximum Gasteiger partial charge on any atom is 0.376 e. The van der Waals surface area contributed by atoms with Crippen LogP contribution >= 0.6 is 0 Å². The number of esters is 1. The van der Waals surface area contributed by atoms with Crippen molar-refractivity contribution in [3.05, 3.63) is 66.0 Å². The molecule has 0 fully saturated rings. The second kappa shape index (κ2) is 6.30. The van der Waals surface area contributed by atoms with E-state index >= 15 is 0 Å². The van der Waals surface area contributed by atoms with Crippen molar-refractivity contribution in [3.63, 3.8) is 0 Å². The Bertz CT molecular complexity index is 781. The van der Waals surface area contributed by atoms with Gasteiger partial charge in [0.25, 0.3) is 0 Å². The van der Waals surface area contributed by atoms with Gasteiger partial charge >= 0.3 is 5.97 Å². The molecule has 3 rings (SSSR count). The van der Waals surface area contributed by atoms with Crippen molar-refractivity contribution in [2.45, 2.75) is 13.5 Å². The van der Waals surface area contributed by atoms with E-state index in [9.17, 15) is 4.79 Å². The fraction of sp³-hybridized carbons (Fsp3) is 0.176. The normalized spacial score (nSPS) is 10.6. The maximum absolute atomic E-state index is 12.1. The zero-order valence-corrected chi connectivity index (χ0v) is 12.3. The highest BCUT2D eigenvalue weighted by Crippen LogP contribution is 2.15. The van der Waals surface area contributed by atoms with Crippen molar-refractivity contribution in [1.82, 2.24) is 9.66 Å². The molecule has 0 atom stereocenters. The van der Waals surface area contributed by atoms with Gasteiger partial charge in [-0.15, -0.1) is 0 Å². The molecule has 1 heterocycles. The highest BCUT2D eigenvalue weighted by atomic mass is 16.5. The first-order chi connectivity index (χ1) is 10.8. The molecule has 0 saturated carbocycles. The van der Waals surface area contributed by atoms with Crippen LogP contribution in [0.25, 0.3) is 11.0 Å². The molecule has 5 nitrogen and oxygen atoms in total. The summed E-state index contributed by atoms with van der Waals surface area (Å²) in [5.41, 5.74) is 5.97. The molecule has 5 heteroatoms. The van der Waals surface area contributed by atoms with E-state index in [1.54, 1.807) is 11.6 Å². The van der Waals surface area contributed by atoms with Crippen molar-refractivity contribution < 1.29 is 9.53 Å². The summed E-state index contributed by atoms with van der Waals surface area (Å²) < 4.78 is 6.78. The second-order valence-corrected chi connectivity index (χ2v) is 4.80. The fourth-order valence-corrected chi connectivity index (χ4v) is 2.28. The quantitative estimate of drug-likeness (QED) is 0.735. The lowest BCUT2D eigenvalue weighted by atomic mass is 10.2. The first kappa shape index (κ1) is 14.1. The van der Waals surface area contributed by atoms with Crippen LogP contribution in [0.5, 0.6) is 0 Å². The van der Waals surface area contributed by atoms with E-state index in [4.69, 9.17) is 4.74 Å². The SMILES string of the molecule is CCOC(=O)c1nc2ccccc2n1NCc1ccccc1. The van der Waals surface area contributed by atoms with Crippen molar-refractivity contribution in [3.8, 4) is 0 Å². The summed E-state index contributed by atoms with van der Waals surface area (Å²) in [5, 5.41) is 0. The number of benzene rings is 2. The summed E-state index contributed by atoms with van der Waals surface area (Å²) in [4.78, 5) is 16.5. The van der Waals surface area contributed by atoms with Crippen LogP contribution < -0.4 is 5.43 Å². The number of aromatic nitrogens is 2. The minimum absolute atomic E-state index is 0.263. The zero-order chi connectivity index (χ0) is 15.4. The largest absolute Gasteiger partial charge is 0.460 e. The van der Waals surface area contributed by atoms with Crippen LogP contribution in [-0.2, 0) is 11.3 Å². The number of nitrogens with zero attached hydrogens (tertiary/aromatic N) is 2. The first-order valence-corrected chi connectivity index (χ1v) is 7.22. The standard InChI is InChI=1S/C17H17N3O2/c1-2-22-17(21)16-19-14-10-6-7-11-15(14)20(16)18-12-13-8-4-3-5-9-13/h3-11,18H,2,12H2,1H3. The van der Waals surface area contributed by atoms with Crippen LogP contribution in [0.2, 0.25) is 0 Å². The van der Waals surface area contributed by atoms with Crippen molar-refractivity contribution in [2.24, 2.45) is 0 Å². The van der Waals surface area contributed by atoms with Crippen molar-refractivity contribution in [1.29, 1.82) is 0 Å². The fourth-order valence-electron chi connectivity index (χ4n) is 2.28. The Balaban J connectivity index is 1.95. The highest BCUT2D eigenvalue weighted by molar-refractivity contribution is 5.91. The van der Waals surface area contributed by atoms with Gasteiger partial charge in [-0.05, 0) is 24.6 Å². The van der Waals surface area contributed by atoms with Crippen LogP contribution in [0.4, 0.5) is 0 Å². The Morgan fingerprint density at radius 1 is 1.14 bits per heavy atom. The Hall–Kier alpha value is -2.82. The number of para-hydroxylation sites is 2. The molecule has 0 saturated heterocycles. The van der Waals surface area contributed by atoms with Gasteiger partial charge in [0, 0.05) is 0 Å². The second-order valence-electron chi connectivity index (χ2n) is 4.80. The summed E-state index contributed by atoms with van der Waals surface area (Å²) in [7, 11) is 0. The molecule has 2 aromatic carbocycles. The summed E-state index contributed by atoms with van der Waals surface area (Å²) >= 11 is 0. The van der Waals surface area contributed by atoms with Gasteiger partial charge in [-0.1, -0.05) is 42.5 Å². The van der Waals surface area contributed by atoms with Crippen molar-refractivity contribution >= 4 is 17.0 Å². The summed E-state index contributed by atoms with van der Waals surface area (Å²) in [5.74, 6) is -0.168. The number of hydrogen-bond acceptors (Lipinski definition) is 4. The maximum atomic E-state index is 12.1. The highest BCUT2D eigenvalue weighted by Gasteiger charge is 2.18. The van der Waals surface area contributed by atoms with Gasteiger partial charge in [0.2, 0.25) is 5.82 Å². The average Bonchev–Trinajstić information content (AvgIpc) is 2.93. The van der Waals surface area contributed by atoms with E-state index in [1.165, 1.54) is 0 Å². The molecule has 0 aliphatic heterocycles. The van der Waals surface area contributed by atoms with Gasteiger partial charge in [0.1, 0.15) is 0 Å². The van der Waals surface area contributed by atoms with Crippen LogP contribution in [0.1, 0.15) is 23.1 Å². The molecular formula is C17H17N3O2. The molecule has 0 unspecified atom stereocenters. The summed E-state index contributed by atoms with van der Waals surface area (Å²) in [6.07, 6.45) is 0. The van der Waals surface area contributed by atoms with E-state index < -0.39 is 5.97 Å². The Morgan fingerprint density at radius 2 is 1.86 bits per heavy atom. The minimum atomic E-state index is -0.431. The first-order valence-electron chi connectivity index (χ1n) is 7.22. The number of carbonyl (C=O) groups is 1. The molecular weight excluding hydrogens is 278 g/mol.